The Hall–Kier alpha value is -1.31. The highest BCUT2D eigenvalue weighted by atomic mass is 16.1. The van der Waals surface area contributed by atoms with Crippen molar-refractivity contribution in [1.29, 1.82) is 0 Å². The summed E-state index contributed by atoms with van der Waals surface area (Å²) in [7, 11) is 0. The van der Waals surface area contributed by atoms with E-state index in [9.17, 15) is 4.79 Å². The molecule has 0 unspecified atom stereocenters. The van der Waals surface area contributed by atoms with Crippen molar-refractivity contribution in [3.8, 4) is 0 Å². The van der Waals surface area contributed by atoms with E-state index >= 15 is 0 Å². The van der Waals surface area contributed by atoms with Gasteiger partial charge in [0.05, 0.1) is 0 Å². The molecular weight excluding hydrogens is 174 g/mol. The molecule has 0 saturated carbocycles. The fourth-order valence-corrected chi connectivity index (χ4v) is 2.00. The van der Waals surface area contributed by atoms with Gasteiger partial charge in [-0.25, -0.2) is 0 Å². The number of carbonyl (C=O) groups is 1. The van der Waals surface area contributed by atoms with Gasteiger partial charge in [-0.2, -0.15) is 0 Å². The Morgan fingerprint density at radius 2 is 2.07 bits per heavy atom. The van der Waals surface area contributed by atoms with Gasteiger partial charge in [-0.05, 0) is 29.5 Å². The van der Waals surface area contributed by atoms with Crippen molar-refractivity contribution < 1.29 is 4.79 Å². The van der Waals surface area contributed by atoms with E-state index < -0.39 is 0 Å². The van der Waals surface area contributed by atoms with Crippen molar-refractivity contribution in [2.45, 2.75) is 33.2 Å². The number of hydrogen-bond acceptors (Lipinski definition) is 1. The minimum Gasteiger partial charge on any atom is -0.348 e. The molecule has 1 amide bonds. The van der Waals surface area contributed by atoms with Gasteiger partial charge in [0.1, 0.15) is 0 Å². The first-order chi connectivity index (χ1) is 6.61. The van der Waals surface area contributed by atoms with Gasteiger partial charge in [-0.1, -0.05) is 26.0 Å². The van der Waals surface area contributed by atoms with E-state index in [1.54, 1.807) is 0 Å². The molecule has 2 nitrogen and oxygen atoms in total. The standard InChI is InChI=1S/C12H15NO/c1-7(2)9-5-4-8(3)10-6-13-12(14)11(9)10/h4-5,7H,6H2,1-3H3,(H,13,14). The van der Waals surface area contributed by atoms with Crippen LogP contribution >= 0.6 is 0 Å². The lowest BCUT2D eigenvalue weighted by Crippen LogP contribution is -2.14. The Bertz CT molecular complexity index is 394. The van der Waals surface area contributed by atoms with Crippen molar-refractivity contribution in [3.63, 3.8) is 0 Å². The average Bonchev–Trinajstić information content (AvgIpc) is 2.50. The van der Waals surface area contributed by atoms with Crippen LogP contribution in [0.4, 0.5) is 0 Å². The molecule has 1 heterocycles. The zero-order chi connectivity index (χ0) is 10.3. The molecule has 1 aromatic carbocycles. The number of nitrogens with one attached hydrogen (secondary N) is 1. The van der Waals surface area contributed by atoms with E-state index in [1.165, 1.54) is 16.7 Å². The molecule has 0 fully saturated rings. The van der Waals surface area contributed by atoms with Gasteiger partial charge in [0, 0.05) is 12.1 Å². The molecule has 74 valence electrons. The minimum absolute atomic E-state index is 0.0902. The minimum atomic E-state index is 0.0902. The smallest absolute Gasteiger partial charge is 0.252 e. The summed E-state index contributed by atoms with van der Waals surface area (Å²) in [6.45, 7) is 7.00. The summed E-state index contributed by atoms with van der Waals surface area (Å²) in [6.07, 6.45) is 0. The second-order valence-corrected chi connectivity index (χ2v) is 4.16. The molecule has 1 aliphatic rings. The van der Waals surface area contributed by atoms with Gasteiger partial charge in [0.15, 0.2) is 0 Å². The Kier molecular flexibility index (Phi) is 2.06. The molecule has 0 aliphatic carbocycles. The van der Waals surface area contributed by atoms with Crippen molar-refractivity contribution in [2.24, 2.45) is 0 Å². The average molecular weight is 189 g/mol. The Morgan fingerprint density at radius 3 is 2.71 bits per heavy atom. The zero-order valence-corrected chi connectivity index (χ0v) is 8.85. The van der Waals surface area contributed by atoms with Crippen LogP contribution in [0.25, 0.3) is 0 Å². The van der Waals surface area contributed by atoms with Crippen LogP contribution in [-0.2, 0) is 6.54 Å². The summed E-state index contributed by atoms with van der Waals surface area (Å²) in [5.74, 6) is 0.501. The molecule has 1 aromatic rings. The molecule has 2 heteroatoms. The quantitative estimate of drug-likeness (QED) is 0.722. The van der Waals surface area contributed by atoms with Crippen LogP contribution in [0.1, 0.15) is 46.8 Å². The Morgan fingerprint density at radius 1 is 1.36 bits per heavy atom. The third kappa shape index (κ3) is 1.22. The largest absolute Gasteiger partial charge is 0.348 e. The van der Waals surface area contributed by atoms with Gasteiger partial charge in [-0.3, -0.25) is 4.79 Å². The molecular formula is C12H15NO. The highest BCUT2D eigenvalue weighted by Gasteiger charge is 2.24. The molecule has 0 spiro atoms. The third-order valence-electron chi connectivity index (χ3n) is 2.85. The summed E-state index contributed by atoms with van der Waals surface area (Å²) >= 11 is 0. The molecule has 0 bridgehead atoms. The van der Waals surface area contributed by atoms with E-state index in [1.807, 2.05) is 0 Å². The lowest BCUT2D eigenvalue weighted by Gasteiger charge is -2.11. The summed E-state index contributed by atoms with van der Waals surface area (Å²) in [6, 6.07) is 4.18. The fourth-order valence-electron chi connectivity index (χ4n) is 2.00. The number of carbonyl (C=O) groups excluding carboxylic acids is 1. The third-order valence-corrected chi connectivity index (χ3v) is 2.85. The maximum Gasteiger partial charge on any atom is 0.252 e. The zero-order valence-electron chi connectivity index (χ0n) is 8.85. The predicted octanol–water partition coefficient (Wildman–Crippen LogP) is 2.36. The number of amides is 1. The maximum atomic E-state index is 11.6. The monoisotopic (exact) mass is 189 g/mol. The molecule has 2 rings (SSSR count). The molecule has 1 aliphatic heterocycles. The lowest BCUT2D eigenvalue weighted by molar-refractivity contribution is 0.0964. The highest BCUT2D eigenvalue weighted by molar-refractivity contribution is 6.00. The number of rotatable bonds is 1. The molecule has 0 radical (unpaired) electrons. The van der Waals surface area contributed by atoms with Gasteiger partial charge in [-0.15, -0.1) is 0 Å². The van der Waals surface area contributed by atoms with Crippen LogP contribution in [0.15, 0.2) is 12.1 Å². The van der Waals surface area contributed by atoms with E-state index in [4.69, 9.17) is 0 Å². The van der Waals surface area contributed by atoms with Crippen LogP contribution in [0.2, 0.25) is 0 Å². The predicted molar refractivity (Wildman–Crippen MR) is 56.4 cm³/mol. The molecule has 0 aromatic heterocycles. The second-order valence-electron chi connectivity index (χ2n) is 4.16. The van der Waals surface area contributed by atoms with E-state index in [0.717, 1.165) is 5.56 Å². The van der Waals surface area contributed by atoms with Crippen LogP contribution in [-0.4, -0.2) is 5.91 Å². The van der Waals surface area contributed by atoms with Gasteiger partial charge < -0.3 is 5.32 Å². The molecule has 0 saturated heterocycles. The van der Waals surface area contributed by atoms with Crippen LogP contribution in [0, 0.1) is 6.92 Å². The highest BCUT2D eigenvalue weighted by Crippen LogP contribution is 2.28. The van der Waals surface area contributed by atoms with E-state index in [2.05, 4.69) is 38.2 Å². The Balaban J connectivity index is 2.66. The summed E-state index contributed by atoms with van der Waals surface area (Å²) in [5, 5.41) is 2.88. The van der Waals surface area contributed by atoms with Crippen LogP contribution in [0.3, 0.4) is 0 Å². The summed E-state index contributed by atoms with van der Waals surface area (Å²) < 4.78 is 0. The van der Waals surface area contributed by atoms with Crippen molar-refractivity contribution in [1.82, 2.24) is 5.32 Å². The summed E-state index contributed by atoms with van der Waals surface area (Å²) in [5.41, 5.74) is 4.48. The lowest BCUT2D eigenvalue weighted by atomic mass is 9.92. The Labute approximate surface area is 84.3 Å². The number of benzene rings is 1. The first kappa shape index (κ1) is 9.25. The van der Waals surface area contributed by atoms with Crippen LogP contribution in [0.5, 0.6) is 0 Å². The number of hydrogen-bond donors (Lipinski definition) is 1. The normalized spacial score (nSPS) is 14.4. The number of aryl methyl sites for hydroxylation is 1. The van der Waals surface area contributed by atoms with Crippen molar-refractivity contribution >= 4 is 5.91 Å². The van der Waals surface area contributed by atoms with E-state index in [-0.39, 0.29) is 5.91 Å². The first-order valence-corrected chi connectivity index (χ1v) is 5.02. The van der Waals surface area contributed by atoms with Crippen LogP contribution < -0.4 is 5.32 Å². The molecule has 14 heavy (non-hydrogen) atoms. The summed E-state index contributed by atoms with van der Waals surface area (Å²) in [4.78, 5) is 11.6. The van der Waals surface area contributed by atoms with Gasteiger partial charge in [0.25, 0.3) is 5.91 Å². The topological polar surface area (TPSA) is 29.1 Å². The first-order valence-electron chi connectivity index (χ1n) is 5.02. The maximum absolute atomic E-state index is 11.6. The SMILES string of the molecule is Cc1ccc(C(C)C)c2c1CNC2=O. The second kappa shape index (κ2) is 3.12. The van der Waals surface area contributed by atoms with Gasteiger partial charge >= 0.3 is 0 Å². The van der Waals surface area contributed by atoms with Crippen molar-refractivity contribution in [2.75, 3.05) is 0 Å². The van der Waals surface area contributed by atoms with Gasteiger partial charge in [0.2, 0.25) is 0 Å². The fraction of sp³-hybridized carbons (Fsp3) is 0.417. The van der Waals surface area contributed by atoms with E-state index in [0.29, 0.717) is 12.5 Å². The molecule has 0 atom stereocenters. The molecule has 1 N–H and O–H groups in total. The number of fused-ring (bicyclic) bond motifs is 1. The van der Waals surface area contributed by atoms with Crippen molar-refractivity contribution in [3.05, 3.63) is 34.4 Å².